The van der Waals surface area contributed by atoms with Crippen LogP contribution in [0.4, 0.5) is 10.1 Å². The van der Waals surface area contributed by atoms with Crippen LogP contribution in [-0.4, -0.2) is 32.3 Å². The number of carbonyl (C=O) groups is 1. The topological polar surface area (TPSA) is 81.4 Å². The Kier molecular flexibility index (Phi) is 4.67. The Morgan fingerprint density at radius 2 is 1.96 bits per heavy atom. The lowest BCUT2D eigenvalue weighted by Gasteiger charge is -2.09. The second-order valence-corrected chi connectivity index (χ2v) is 6.11. The van der Waals surface area contributed by atoms with Crippen LogP contribution in [0.15, 0.2) is 60.7 Å². The number of hydrogen-bond donors (Lipinski definition) is 1. The third kappa shape index (κ3) is 3.80. The van der Waals surface area contributed by atoms with Crippen molar-refractivity contribution < 1.29 is 13.9 Å². The van der Waals surface area contributed by atoms with Gasteiger partial charge in [-0.1, -0.05) is 18.2 Å². The van der Waals surface area contributed by atoms with E-state index in [1.54, 1.807) is 16.6 Å². The fraction of sp³-hybridized carbons (Fsp3) is 0.100. The van der Waals surface area contributed by atoms with Crippen LogP contribution in [0.2, 0.25) is 0 Å². The summed E-state index contributed by atoms with van der Waals surface area (Å²) in [5, 5.41) is 15.3. The van der Waals surface area contributed by atoms with Crippen molar-refractivity contribution in [2.75, 3.05) is 11.9 Å². The second kappa shape index (κ2) is 7.43. The van der Waals surface area contributed by atoms with Crippen molar-refractivity contribution in [2.45, 2.75) is 6.92 Å². The first-order chi connectivity index (χ1) is 13.6. The van der Waals surface area contributed by atoms with E-state index >= 15 is 0 Å². The summed E-state index contributed by atoms with van der Waals surface area (Å²) in [6, 6.07) is 16.6. The van der Waals surface area contributed by atoms with E-state index in [1.165, 1.54) is 18.2 Å². The quantitative estimate of drug-likeness (QED) is 0.577. The molecular formula is C20H16FN5O2. The van der Waals surface area contributed by atoms with E-state index in [0.717, 1.165) is 11.3 Å². The minimum absolute atomic E-state index is 0.224. The zero-order valence-corrected chi connectivity index (χ0v) is 15.0. The molecule has 4 aromatic rings. The van der Waals surface area contributed by atoms with Crippen LogP contribution in [0, 0.1) is 12.7 Å². The first-order valence-electron chi connectivity index (χ1n) is 8.56. The molecule has 8 heteroatoms. The van der Waals surface area contributed by atoms with Crippen LogP contribution >= 0.6 is 0 Å². The summed E-state index contributed by atoms with van der Waals surface area (Å²) in [6.07, 6.45) is 0. The number of aromatic nitrogens is 4. The summed E-state index contributed by atoms with van der Waals surface area (Å²) < 4.78 is 20.1. The fourth-order valence-electron chi connectivity index (χ4n) is 2.71. The van der Waals surface area contributed by atoms with Crippen LogP contribution in [0.5, 0.6) is 5.75 Å². The van der Waals surface area contributed by atoms with Crippen molar-refractivity contribution >= 4 is 17.2 Å². The van der Waals surface area contributed by atoms with Crippen LogP contribution in [0.1, 0.15) is 5.82 Å². The maximum Gasteiger partial charge on any atom is 0.262 e. The number of hydrogen-bond acceptors (Lipinski definition) is 5. The number of benzene rings is 2. The third-order valence-corrected chi connectivity index (χ3v) is 4.03. The van der Waals surface area contributed by atoms with Gasteiger partial charge in [-0.25, -0.2) is 4.39 Å². The maximum atomic E-state index is 13.1. The Hall–Kier alpha value is -3.81. The van der Waals surface area contributed by atoms with Gasteiger partial charge in [0.2, 0.25) is 0 Å². The Morgan fingerprint density at radius 1 is 1.11 bits per heavy atom. The largest absolute Gasteiger partial charge is 0.484 e. The molecule has 0 spiro atoms. The number of nitrogens with zero attached hydrogens (tertiary/aromatic N) is 4. The van der Waals surface area contributed by atoms with Crippen LogP contribution in [0.25, 0.3) is 16.9 Å². The van der Waals surface area contributed by atoms with Gasteiger partial charge in [0.25, 0.3) is 5.91 Å². The first-order valence-corrected chi connectivity index (χ1v) is 8.56. The van der Waals surface area contributed by atoms with Gasteiger partial charge in [0.15, 0.2) is 18.1 Å². The molecule has 2 heterocycles. The molecule has 7 nitrogen and oxygen atoms in total. The van der Waals surface area contributed by atoms with Gasteiger partial charge in [-0.2, -0.15) is 9.61 Å². The summed E-state index contributed by atoms with van der Waals surface area (Å²) in [6.45, 7) is 1.60. The lowest BCUT2D eigenvalue weighted by Crippen LogP contribution is -2.20. The molecule has 1 N–H and O–H groups in total. The summed E-state index contributed by atoms with van der Waals surface area (Å²) in [5.74, 6) is 0.222. The molecule has 0 radical (unpaired) electrons. The Morgan fingerprint density at radius 3 is 2.82 bits per heavy atom. The molecule has 28 heavy (non-hydrogen) atoms. The number of halogens is 1. The first kappa shape index (κ1) is 17.6. The van der Waals surface area contributed by atoms with Crippen molar-refractivity contribution in [3.8, 4) is 17.0 Å². The summed E-state index contributed by atoms with van der Waals surface area (Å²) in [4.78, 5) is 12.1. The highest BCUT2D eigenvalue weighted by Gasteiger charge is 2.08. The van der Waals surface area contributed by atoms with Gasteiger partial charge in [-0.05, 0) is 43.3 Å². The molecule has 0 unspecified atom stereocenters. The summed E-state index contributed by atoms with van der Waals surface area (Å²) in [5.41, 5.74) is 2.83. The van der Waals surface area contributed by atoms with Gasteiger partial charge >= 0.3 is 0 Å². The summed E-state index contributed by atoms with van der Waals surface area (Å²) in [7, 11) is 0. The van der Waals surface area contributed by atoms with Gasteiger partial charge in [0.1, 0.15) is 11.6 Å². The molecule has 2 aromatic carbocycles. The van der Waals surface area contributed by atoms with E-state index < -0.39 is 5.82 Å². The molecule has 0 aliphatic heterocycles. The number of ether oxygens (including phenoxy) is 1. The highest BCUT2D eigenvalue weighted by atomic mass is 19.1. The SMILES string of the molecule is Cc1nnc2ccc(-c3cccc(NC(=O)COc4cccc(F)c4)c3)nn12. The predicted octanol–water partition coefficient (Wildman–Crippen LogP) is 3.26. The van der Waals surface area contributed by atoms with E-state index in [1.807, 2.05) is 37.3 Å². The molecule has 4 rings (SSSR count). The zero-order chi connectivity index (χ0) is 19.5. The normalized spacial score (nSPS) is 10.8. The van der Waals surface area contributed by atoms with E-state index in [-0.39, 0.29) is 12.5 Å². The third-order valence-electron chi connectivity index (χ3n) is 4.03. The molecule has 1 amide bonds. The molecule has 0 aliphatic carbocycles. The standard InChI is InChI=1S/C20H16FN5O2/c1-13-23-24-19-9-8-18(25-26(13)19)14-4-2-6-16(10-14)22-20(27)12-28-17-7-3-5-15(21)11-17/h2-11H,12H2,1H3,(H,22,27). The lowest BCUT2D eigenvalue weighted by molar-refractivity contribution is -0.118. The van der Waals surface area contributed by atoms with E-state index in [2.05, 4.69) is 20.6 Å². The monoisotopic (exact) mass is 377 g/mol. The molecule has 140 valence electrons. The predicted molar refractivity (Wildman–Crippen MR) is 101 cm³/mol. The number of nitrogens with one attached hydrogen (secondary N) is 1. The molecule has 0 bridgehead atoms. The van der Waals surface area contributed by atoms with Crippen molar-refractivity contribution in [1.29, 1.82) is 0 Å². The minimum atomic E-state index is -0.418. The van der Waals surface area contributed by atoms with Crippen LogP contribution < -0.4 is 10.1 Å². The molecule has 0 saturated heterocycles. The number of aryl methyl sites for hydroxylation is 1. The van der Waals surface area contributed by atoms with Crippen LogP contribution in [0.3, 0.4) is 0 Å². The van der Waals surface area contributed by atoms with Gasteiger partial charge < -0.3 is 10.1 Å². The van der Waals surface area contributed by atoms with Crippen LogP contribution in [-0.2, 0) is 4.79 Å². The van der Waals surface area contributed by atoms with Gasteiger partial charge in [0, 0.05) is 17.3 Å². The van der Waals surface area contributed by atoms with Crippen molar-refractivity contribution in [2.24, 2.45) is 0 Å². The minimum Gasteiger partial charge on any atom is -0.484 e. The van der Waals surface area contributed by atoms with Crippen molar-refractivity contribution in [3.05, 3.63) is 72.3 Å². The number of carbonyl (C=O) groups excluding carboxylic acids is 1. The van der Waals surface area contributed by atoms with Crippen molar-refractivity contribution in [1.82, 2.24) is 19.8 Å². The Bertz CT molecular complexity index is 1160. The molecule has 0 fully saturated rings. The summed E-state index contributed by atoms with van der Waals surface area (Å²) >= 11 is 0. The second-order valence-electron chi connectivity index (χ2n) is 6.11. The lowest BCUT2D eigenvalue weighted by atomic mass is 10.1. The molecule has 0 saturated carbocycles. The Labute approximate surface area is 159 Å². The maximum absolute atomic E-state index is 13.1. The van der Waals surface area contributed by atoms with E-state index in [0.29, 0.717) is 22.9 Å². The highest BCUT2D eigenvalue weighted by Crippen LogP contribution is 2.21. The fourth-order valence-corrected chi connectivity index (χ4v) is 2.71. The van der Waals surface area contributed by atoms with Gasteiger partial charge in [0.05, 0.1) is 5.69 Å². The number of amides is 1. The Balaban J connectivity index is 1.47. The van der Waals surface area contributed by atoms with Gasteiger partial charge in [-0.15, -0.1) is 10.2 Å². The molecular weight excluding hydrogens is 361 g/mol. The number of rotatable bonds is 5. The average Bonchev–Trinajstić information content (AvgIpc) is 3.07. The smallest absolute Gasteiger partial charge is 0.262 e. The average molecular weight is 377 g/mol. The van der Waals surface area contributed by atoms with Gasteiger partial charge in [-0.3, -0.25) is 4.79 Å². The van der Waals surface area contributed by atoms with E-state index in [4.69, 9.17) is 4.74 Å². The molecule has 0 atom stereocenters. The molecule has 2 aromatic heterocycles. The molecule has 0 aliphatic rings. The zero-order valence-electron chi connectivity index (χ0n) is 15.0. The highest BCUT2D eigenvalue weighted by molar-refractivity contribution is 5.92. The van der Waals surface area contributed by atoms with Crippen molar-refractivity contribution in [3.63, 3.8) is 0 Å². The van der Waals surface area contributed by atoms with E-state index in [9.17, 15) is 9.18 Å². The number of anilines is 1. The number of fused-ring (bicyclic) bond motifs is 1.